The van der Waals surface area contributed by atoms with E-state index in [1.54, 1.807) is 0 Å². The minimum atomic E-state index is -0.498. The number of carbonyl (C=O) groups is 2. The standard InChI is InChI=1S/C20H19FN4O3/c1-28-15-7-12-14(8-13(15)21)23-9-24-18(12)22-4-5-25-19(26)16-10-2-3-11(6-10)17(16)20(25)27/h2-3,7-11,16-17H,4-6H2,1H3,(H,22,23,24). The molecule has 2 amide bonds. The molecule has 28 heavy (non-hydrogen) atoms. The number of methoxy groups -OCH3 is 1. The molecule has 1 N–H and O–H groups in total. The summed E-state index contributed by atoms with van der Waals surface area (Å²) >= 11 is 0. The number of nitrogens with zero attached hydrogens (tertiary/aromatic N) is 3. The van der Waals surface area contributed by atoms with Gasteiger partial charge in [0, 0.05) is 24.5 Å². The summed E-state index contributed by atoms with van der Waals surface area (Å²) in [4.78, 5) is 35.1. The molecule has 2 aliphatic carbocycles. The number of anilines is 1. The van der Waals surface area contributed by atoms with E-state index in [2.05, 4.69) is 27.4 Å². The highest BCUT2D eigenvalue weighted by molar-refractivity contribution is 6.06. The Morgan fingerprint density at radius 3 is 2.57 bits per heavy atom. The van der Waals surface area contributed by atoms with E-state index in [1.807, 2.05) is 0 Å². The van der Waals surface area contributed by atoms with Crippen LogP contribution >= 0.6 is 0 Å². The number of benzene rings is 1. The Morgan fingerprint density at radius 1 is 1.18 bits per heavy atom. The molecule has 2 bridgehead atoms. The Kier molecular flexibility index (Phi) is 3.82. The molecule has 1 aliphatic heterocycles. The smallest absolute Gasteiger partial charge is 0.233 e. The molecule has 0 spiro atoms. The molecule has 8 heteroatoms. The van der Waals surface area contributed by atoms with Gasteiger partial charge in [-0.05, 0) is 24.3 Å². The largest absolute Gasteiger partial charge is 0.494 e. The van der Waals surface area contributed by atoms with Crippen molar-refractivity contribution in [3.8, 4) is 5.75 Å². The third-order valence-electron chi connectivity index (χ3n) is 6.10. The molecule has 0 radical (unpaired) electrons. The topological polar surface area (TPSA) is 84.4 Å². The van der Waals surface area contributed by atoms with E-state index < -0.39 is 5.82 Å². The van der Waals surface area contributed by atoms with E-state index in [0.29, 0.717) is 23.3 Å². The summed E-state index contributed by atoms with van der Waals surface area (Å²) in [6.45, 7) is 0.624. The lowest BCUT2D eigenvalue weighted by Crippen LogP contribution is -2.36. The summed E-state index contributed by atoms with van der Waals surface area (Å²) in [5.41, 5.74) is 0.446. The van der Waals surface area contributed by atoms with Gasteiger partial charge in [-0.25, -0.2) is 14.4 Å². The lowest BCUT2D eigenvalue weighted by atomic mass is 9.85. The van der Waals surface area contributed by atoms with Gasteiger partial charge in [-0.2, -0.15) is 0 Å². The molecule has 1 saturated heterocycles. The number of fused-ring (bicyclic) bond motifs is 6. The monoisotopic (exact) mass is 382 g/mol. The highest BCUT2D eigenvalue weighted by Gasteiger charge is 2.58. The predicted octanol–water partition coefficient (Wildman–Crippen LogP) is 2.00. The number of carbonyl (C=O) groups excluding carboxylic acids is 2. The second-order valence-corrected chi connectivity index (χ2v) is 7.48. The Bertz CT molecular complexity index is 994. The fraction of sp³-hybridized carbons (Fsp3) is 0.400. The lowest BCUT2D eigenvalue weighted by molar-refractivity contribution is -0.140. The van der Waals surface area contributed by atoms with Crippen LogP contribution in [0.2, 0.25) is 0 Å². The second-order valence-electron chi connectivity index (χ2n) is 7.48. The van der Waals surface area contributed by atoms with Crippen LogP contribution < -0.4 is 10.1 Å². The number of nitrogens with one attached hydrogen (secondary N) is 1. The average molecular weight is 382 g/mol. The van der Waals surface area contributed by atoms with Crippen LogP contribution in [0.3, 0.4) is 0 Å². The normalized spacial score (nSPS) is 27.7. The molecule has 1 saturated carbocycles. The van der Waals surface area contributed by atoms with Crippen molar-refractivity contribution in [1.82, 2.24) is 14.9 Å². The highest BCUT2D eigenvalue weighted by Crippen LogP contribution is 2.52. The van der Waals surface area contributed by atoms with E-state index in [4.69, 9.17) is 4.74 Å². The number of hydrogen-bond donors (Lipinski definition) is 1. The Balaban J connectivity index is 1.31. The predicted molar refractivity (Wildman–Crippen MR) is 99.0 cm³/mol. The number of likely N-dealkylation sites (tertiary alicyclic amines) is 1. The molecule has 5 rings (SSSR count). The number of aromatic nitrogens is 2. The van der Waals surface area contributed by atoms with Crippen LogP contribution in [-0.4, -0.2) is 46.9 Å². The molecule has 3 aliphatic rings. The van der Waals surface area contributed by atoms with Gasteiger partial charge in [0.05, 0.1) is 24.5 Å². The number of rotatable bonds is 5. The van der Waals surface area contributed by atoms with Crippen molar-refractivity contribution in [1.29, 1.82) is 0 Å². The minimum absolute atomic E-state index is 0.0649. The second kappa shape index (κ2) is 6.25. The minimum Gasteiger partial charge on any atom is -0.494 e. The first-order valence-corrected chi connectivity index (χ1v) is 9.34. The Morgan fingerprint density at radius 2 is 1.89 bits per heavy atom. The van der Waals surface area contributed by atoms with Crippen LogP contribution in [0.25, 0.3) is 10.9 Å². The maximum atomic E-state index is 13.9. The quantitative estimate of drug-likeness (QED) is 0.629. The van der Waals surface area contributed by atoms with Crippen molar-refractivity contribution in [3.63, 3.8) is 0 Å². The lowest BCUT2D eigenvalue weighted by Gasteiger charge is -2.18. The van der Waals surface area contributed by atoms with E-state index in [-0.39, 0.29) is 47.8 Å². The van der Waals surface area contributed by atoms with Crippen molar-refractivity contribution in [3.05, 3.63) is 36.4 Å². The fourth-order valence-corrected chi connectivity index (χ4v) is 4.83. The maximum absolute atomic E-state index is 13.9. The van der Waals surface area contributed by atoms with Gasteiger partial charge in [-0.1, -0.05) is 12.2 Å². The number of hydrogen-bond acceptors (Lipinski definition) is 6. The maximum Gasteiger partial charge on any atom is 0.233 e. The highest BCUT2D eigenvalue weighted by atomic mass is 19.1. The van der Waals surface area contributed by atoms with Gasteiger partial charge < -0.3 is 10.1 Å². The van der Waals surface area contributed by atoms with E-state index in [9.17, 15) is 14.0 Å². The van der Waals surface area contributed by atoms with Crippen molar-refractivity contribution in [2.45, 2.75) is 6.42 Å². The number of halogens is 1. The summed E-state index contributed by atoms with van der Waals surface area (Å²) in [6.07, 6.45) is 6.43. The molecule has 1 aromatic heterocycles. The van der Waals surface area contributed by atoms with Crippen molar-refractivity contribution in [2.75, 3.05) is 25.5 Å². The van der Waals surface area contributed by atoms with Crippen molar-refractivity contribution >= 4 is 28.5 Å². The van der Waals surface area contributed by atoms with Crippen molar-refractivity contribution in [2.24, 2.45) is 23.7 Å². The number of imide groups is 1. The summed E-state index contributed by atoms with van der Waals surface area (Å²) in [7, 11) is 1.39. The summed E-state index contributed by atoms with van der Waals surface area (Å²) in [5, 5.41) is 3.75. The summed E-state index contributed by atoms with van der Waals surface area (Å²) < 4.78 is 18.9. The molecular weight excluding hydrogens is 363 g/mol. The van der Waals surface area contributed by atoms with Gasteiger partial charge in [0.1, 0.15) is 12.1 Å². The van der Waals surface area contributed by atoms with E-state index in [0.717, 1.165) is 6.42 Å². The molecule has 7 nitrogen and oxygen atoms in total. The summed E-state index contributed by atoms with van der Waals surface area (Å²) in [6, 6.07) is 2.82. The molecular formula is C20H19FN4O3. The molecule has 2 fully saturated rings. The van der Waals surface area contributed by atoms with Crippen LogP contribution in [0.15, 0.2) is 30.6 Å². The van der Waals surface area contributed by atoms with Gasteiger partial charge in [-0.15, -0.1) is 0 Å². The molecule has 1 aromatic carbocycles. The van der Waals surface area contributed by atoms with Crippen LogP contribution in [0.5, 0.6) is 5.75 Å². The first-order valence-electron chi connectivity index (χ1n) is 9.34. The van der Waals surface area contributed by atoms with Gasteiger partial charge in [-0.3, -0.25) is 14.5 Å². The Labute approximate surface area is 160 Å². The molecule has 2 aromatic rings. The molecule has 4 atom stereocenters. The van der Waals surface area contributed by atoms with Gasteiger partial charge in [0.25, 0.3) is 0 Å². The molecule has 144 valence electrons. The number of amides is 2. The van der Waals surface area contributed by atoms with Gasteiger partial charge >= 0.3 is 0 Å². The summed E-state index contributed by atoms with van der Waals surface area (Å²) in [5.74, 6) is 0.0207. The zero-order valence-electron chi connectivity index (χ0n) is 15.3. The van der Waals surface area contributed by atoms with E-state index in [1.165, 1.54) is 30.5 Å². The first kappa shape index (κ1) is 17.1. The van der Waals surface area contributed by atoms with E-state index >= 15 is 0 Å². The van der Waals surface area contributed by atoms with Crippen LogP contribution in [0, 0.1) is 29.5 Å². The number of allylic oxidation sites excluding steroid dienone is 2. The third-order valence-corrected chi connectivity index (χ3v) is 6.10. The van der Waals surface area contributed by atoms with Crippen LogP contribution in [0.1, 0.15) is 6.42 Å². The average Bonchev–Trinajstić information content (AvgIpc) is 3.37. The van der Waals surface area contributed by atoms with Crippen LogP contribution in [-0.2, 0) is 9.59 Å². The molecule has 4 unspecified atom stereocenters. The SMILES string of the molecule is COc1cc2c(NCCN3C(=O)C4C5C=CC(C5)C4C3=O)ncnc2cc1F. The van der Waals surface area contributed by atoms with Gasteiger partial charge in [0.2, 0.25) is 11.8 Å². The first-order chi connectivity index (χ1) is 13.6. The fourth-order valence-electron chi connectivity index (χ4n) is 4.83. The molecule has 2 heterocycles. The number of ether oxygens (including phenoxy) is 1. The third kappa shape index (κ3) is 2.40. The van der Waals surface area contributed by atoms with Crippen molar-refractivity contribution < 1.29 is 18.7 Å². The zero-order chi connectivity index (χ0) is 19.4. The van der Waals surface area contributed by atoms with Crippen LogP contribution in [0.4, 0.5) is 10.2 Å². The zero-order valence-corrected chi connectivity index (χ0v) is 15.3. The van der Waals surface area contributed by atoms with Gasteiger partial charge in [0.15, 0.2) is 11.6 Å². The Hall–Kier alpha value is -3.03.